The number of likely N-dealkylation sites (tertiary alicyclic amines) is 1. The molecule has 0 aliphatic carbocycles. The van der Waals surface area contributed by atoms with Gasteiger partial charge >= 0.3 is 0 Å². The van der Waals surface area contributed by atoms with Crippen LogP contribution in [-0.4, -0.2) is 73.7 Å². The molecule has 0 aromatic heterocycles. The van der Waals surface area contributed by atoms with E-state index in [1.807, 2.05) is 14.1 Å². The third kappa shape index (κ3) is 6.20. The smallest absolute Gasteiger partial charge is 0.236 e. The van der Waals surface area contributed by atoms with Crippen molar-refractivity contribution in [3.8, 4) is 0 Å². The molecule has 0 aromatic rings. The van der Waals surface area contributed by atoms with E-state index in [0.29, 0.717) is 18.5 Å². The molecular formula is C15H31N3O2. The van der Waals surface area contributed by atoms with Gasteiger partial charge in [-0.05, 0) is 31.7 Å². The monoisotopic (exact) mass is 285 g/mol. The van der Waals surface area contributed by atoms with E-state index in [4.69, 9.17) is 5.11 Å². The average molecular weight is 285 g/mol. The first kappa shape index (κ1) is 17.4. The lowest BCUT2D eigenvalue weighted by Crippen LogP contribution is -2.46. The van der Waals surface area contributed by atoms with Gasteiger partial charge in [-0.15, -0.1) is 0 Å². The number of rotatable bonds is 8. The molecule has 1 saturated heterocycles. The lowest BCUT2D eigenvalue weighted by atomic mass is 10.00. The van der Waals surface area contributed by atoms with E-state index in [-0.39, 0.29) is 12.5 Å². The molecule has 0 aromatic carbocycles. The summed E-state index contributed by atoms with van der Waals surface area (Å²) in [6.07, 6.45) is 4.22. The van der Waals surface area contributed by atoms with Gasteiger partial charge in [-0.3, -0.25) is 9.69 Å². The highest BCUT2D eigenvalue weighted by molar-refractivity contribution is 5.77. The van der Waals surface area contributed by atoms with Crippen molar-refractivity contribution in [2.75, 3.05) is 46.9 Å². The van der Waals surface area contributed by atoms with Crippen molar-refractivity contribution in [2.24, 2.45) is 5.92 Å². The van der Waals surface area contributed by atoms with Crippen LogP contribution in [0.15, 0.2) is 0 Å². The Kier molecular flexibility index (Phi) is 8.11. The number of aliphatic hydroxyl groups excluding tert-OH is 1. The van der Waals surface area contributed by atoms with Gasteiger partial charge in [-0.25, -0.2) is 0 Å². The number of hydrogen-bond donors (Lipinski definition) is 2. The van der Waals surface area contributed by atoms with Gasteiger partial charge in [0.15, 0.2) is 0 Å². The molecule has 1 amide bonds. The summed E-state index contributed by atoms with van der Waals surface area (Å²) in [6, 6.07) is 0.563. The van der Waals surface area contributed by atoms with E-state index >= 15 is 0 Å². The molecule has 1 rings (SSSR count). The van der Waals surface area contributed by atoms with E-state index in [1.165, 1.54) is 0 Å². The molecule has 20 heavy (non-hydrogen) atoms. The first-order valence-corrected chi connectivity index (χ1v) is 7.83. The summed E-state index contributed by atoms with van der Waals surface area (Å²) in [7, 11) is 3.62. The first-order chi connectivity index (χ1) is 9.56. The lowest BCUT2D eigenvalue weighted by molar-refractivity contribution is -0.130. The number of nitrogens with zero attached hydrogens (tertiary/aromatic N) is 2. The van der Waals surface area contributed by atoms with Gasteiger partial charge < -0.3 is 15.3 Å². The second-order valence-corrected chi connectivity index (χ2v) is 6.03. The third-order valence-electron chi connectivity index (χ3n) is 4.26. The van der Waals surface area contributed by atoms with Crippen molar-refractivity contribution in [1.29, 1.82) is 0 Å². The van der Waals surface area contributed by atoms with Crippen LogP contribution in [0.3, 0.4) is 0 Å². The maximum Gasteiger partial charge on any atom is 0.236 e. The highest BCUT2D eigenvalue weighted by Gasteiger charge is 2.21. The Balaban J connectivity index is 2.20. The molecule has 1 unspecified atom stereocenters. The molecule has 1 heterocycles. The Labute approximate surface area is 123 Å². The zero-order valence-corrected chi connectivity index (χ0v) is 13.3. The topological polar surface area (TPSA) is 55.8 Å². The number of amides is 1. The summed E-state index contributed by atoms with van der Waals surface area (Å²) in [4.78, 5) is 15.6. The number of carbonyl (C=O) groups is 1. The maximum atomic E-state index is 11.7. The zero-order valence-electron chi connectivity index (χ0n) is 13.3. The van der Waals surface area contributed by atoms with Gasteiger partial charge in [0.25, 0.3) is 0 Å². The van der Waals surface area contributed by atoms with Crippen LogP contribution in [0.25, 0.3) is 0 Å². The summed E-state index contributed by atoms with van der Waals surface area (Å²) in [5, 5.41) is 12.6. The molecule has 0 bridgehead atoms. The summed E-state index contributed by atoms with van der Waals surface area (Å²) in [6.45, 7) is 5.99. The van der Waals surface area contributed by atoms with Crippen molar-refractivity contribution in [3.63, 3.8) is 0 Å². The van der Waals surface area contributed by atoms with Crippen molar-refractivity contribution in [2.45, 2.75) is 38.6 Å². The fourth-order valence-electron chi connectivity index (χ4n) is 2.59. The number of likely N-dealkylation sites (N-methyl/N-ethyl adjacent to an activating group) is 1. The van der Waals surface area contributed by atoms with E-state index < -0.39 is 0 Å². The van der Waals surface area contributed by atoms with E-state index in [9.17, 15) is 4.79 Å². The standard InChI is InChI=1S/C15H31N3O2/c1-4-13(7-10-19)11-16-14-5-8-18(9-6-14)12-15(20)17(2)3/h13-14,16,19H,4-12H2,1-3H3. The molecule has 5 nitrogen and oxygen atoms in total. The minimum Gasteiger partial charge on any atom is -0.396 e. The number of piperidine rings is 1. The number of nitrogens with one attached hydrogen (secondary N) is 1. The van der Waals surface area contributed by atoms with Gasteiger partial charge in [0.05, 0.1) is 6.54 Å². The van der Waals surface area contributed by atoms with Gasteiger partial charge in [0.1, 0.15) is 0 Å². The Morgan fingerprint density at radius 1 is 1.40 bits per heavy atom. The fourth-order valence-corrected chi connectivity index (χ4v) is 2.59. The SMILES string of the molecule is CCC(CCO)CNC1CCN(CC(=O)N(C)C)CC1. The molecule has 1 atom stereocenters. The Hall–Kier alpha value is -0.650. The maximum absolute atomic E-state index is 11.7. The van der Waals surface area contributed by atoms with Crippen molar-refractivity contribution < 1.29 is 9.90 Å². The molecule has 0 spiro atoms. The van der Waals surface area contributed by atoms with Gasteiger partial charge in [-0.2, -0.15) is 0 Å². The normalized spacial score (nSPS) is 19.0. The van der Waals surface area contributed by atoms with E-state index in [2.05, 4.69) is 17.1 Å². The average Bonchev–Trinajstić information content (AvgIpc) is 2.44. The number of carbonyl (C=O) groups excluding carboxylic acids is 1. The molecule has 0 saturated carbocycles. The minimum absolute atomic E-state index is 0.186. The van der Waals surface area contributed by atoms with Crippen LogP contribution < -0.4 is 5.32 Å². The van der Waals surface area contributed by atoms with Crippen LogP contribution >= 0.6 is 0 Å². The van der Waals surface area contributed by atoms with Gasteiger partial charge in [-0.1, -0.05) is 13.3 Å². The lowest BCUT2D eigenvalue weighted by Gasteiger charge is -2.33. The van der Waals surface area contributed by atoms with Gasteiger partial charge in [0.2, 0.25) is 5.91 Å². The molecule has 1 fully saturated rings. The van der Waals surface area contributed by atoms with E-state index in [1.54, 1.807) is 4.90 Å². The molecule has 118 valence electrons. The Bertz CT molecular complexity index is 276. The van der Waals surface area contributed by atoms with Crippen LogP contribution in [-0.2, 0) is 4.79 Å². The second kappa shape index (κ2) is 9.32. The fraction of sp³-hybridized carbons (Fsp3) is 0.933. The summed E-state index contributed by atoms with van der Waals surface area (Å²) >= 11 is 0. The molecule has 2 N–H and O–H groups in total. The quantitative estimate of drug-likeness (QED) is 0.683. The van der Waals surface area contributed by atoms with Crippen LogP contribution in [0.4, 0.5) is 0 Å². The molecular weight excluding hydrogens is 254 g/mol. The summed E-state index contributed by atoms with van der Waals surface area (Å²) in [5.41, 5.74) is 0. The van der Waals surface area contributed by atoms with Crippen LogP contribution in [0, 0.1) is 5.92 Å². The number of aliphatic hydroxyl groups is 1. The molecule has 1 aliphatic heterocycles. The highest BCUT2D eigenvalue weighted by Crippen LogP contribution is 2.12. The zero-order chi connectivity index (χ0) is 15.0. The number of hydrogen-bond acceptors (Lipinski definition) is 4. The highest BCUT2D eigenvalue weighted by atomic mass is 16.3. The predicted octanol–water partition coefficient (Wildman–Crippen LogP) is 0.537. The first-order valence-electron chi connectivity index (χ1n) is 7.83. The Morgan fingerprint density at radius 2 is 2.05 bits per heavy atom. The largest absolute Gasteiger partial charge is 0.396 e. The Morgan fingerprint density at radius 3 is 2.55 bits per heavy atom. The third-order valence-corrected chi connectivity index (χ3v) is 4.26. The van der Waals surface area contributed by atoms with Crippen molar-refractivity contribution >= 4 is 5.91 Å². The summed E-state index contributed by atoms with van der Waals surface area (Å²) < 4.78 is 0. The van der Waals surface area contributed by atoms with Crippen LogP contribution in [0.5, 0.6) is 0 Å². The van der Waals surface area contributed by atoms with Crippen LogP contribution in [0.2, 0.25) is 0 Å². The summed E-state index contributed by atoms with van der Waals surface area (Å²) in [5.74, 6) is 0.763. The van der Waals surface area contributed by atoms with Crippen molar-refractivity contribution in [3.05, 3.63) is 0 Å². The molecule has 1 aliphatic rings. The molecule has 0 radical (unpaired) electrons. The van der Waals surface area contributed by atoms with Gasteiger partial charge in [0, 0.05) is 39.8 Å². The van der Waals surface area contributed by atoms with Crippen LogP contribution in [0.1, 0.15) is 32.6 Å². The second-order valence-electron chi connectivity index (χ2n) is 6.03. The van der Waals surface area contributed by atoms with E-state index in [0.717, 1.165) is 45.3 Å². The minimum atomic E-state index is 0.186. The predicted molar refractivity (Wildman–Crippen MR) is 81.6 cm³/mol. The van der Waals surface area contributed by atoms with Crippen molar-refractivity contribution in [1.82, 2.24) is 15.1 Å². The molecule has 5 heteroatoms.